The molecule has 0 radical (unpaired) electrons. The molecule has 2 rings (SSSR count). The molecule has 1 aromatic heterocycles. The van der Waals surface area contributed by atoms with Gasteiger partial charge >= 0.3 is 0 Å². The van der Waals surface area contributed by atoms with Crippen LogP contribution in [0.2, 0.25) is 0 Å². The maximum atomic E-state index is 12.4. The molecule has 8 heteroatoms. The van der Waals surface area contributed by atoms with Crippen LogP contribution in [0.25, 0.3) is 0 Å². The Morgan fingerprint density at radius 1 is 1.33 bits per heavy atom. The summed E-state index contributed by atoms with van der Waals surface area (Å²) in [6.07, 6.45) is 4.22. The fraction of sp³-hybridized carbons (Fsp3) is 0.538. The van der Waals surface area contributed by atoms with Gasteiger partial charge in [-0.05, 0) is 31.9 Å². The number of piperidine rings is 1. The Balaban J connectivity index is 2.12. The minimum Gasteiger partial charge on any atom is -0.369 e. The lowest BCUT2D eigenvalue weighted by Crippen LogP contribution is -2.35. The number of sulfonamides is 1. The number of thioether (sulfide) groups is 1. The predicted octanol–water partition coefficient (Wildman–Crippen LogP) is 1.22. The van der Waals surface area contributed by atoms with Crippen LogP contribution in [0.1, 0.15) is 26.2 Å². The van der Waals surface area contributed by atoms with Crippen LogP contribution in [0, 0.1) is 0 Å². The van der Waals surface area contributed by atoms with E-state index in [0.29, 0.717) is 18.1 Å². The van der Waals surface area contributed by atoms with E-state index in [-0.39, 0.29) is 4.90 Å². The van der Waals surface area contributed by atoms with Gasteiger partial charge in [-0.2, -0.15) is 4.31 Å². The van der Waals surface area contributed by atoms with Crippen molar-refractivity contribution in [1.82, 2.24) is 9.29 Å². The number of nitrogens with zero attached hydrogens (tertiary/aromatic N) is 2. The lowest BCUT2D eigenvalue weighted by Gasteiger charge is -2.25. The molecule has 21 heavy (non-hydrogen) atoms. The van der Waals surface area contributed by atoms with Crippen molar-refractivity contribution in [2.45, 2.75) is 41.4 Å². The Morgan fingerprint density at radius 3 is 2.52 bits per heavy atom. The van der Waals surface area contributed by atoms with E-state index >= 15 is 0 Å². The third kappa shape index (κ3) is 3.96. The molecule has 1 amide bonds. The van der Waals surface area contributed by atoms with E-state index in [4.69, 9.17) is 5.73 Å². The highest BCUT2D eigenvalue weighted by atomic mass is 32.2. The number of pyridine rings is 1. The molecule has 2 heterocycles. The number of carbonyl (C=O) groups excluding carboxylic acids is 1. The topological polar surface area (TPSA) is 93.4 Å². The standard InChI is InChI=1S/C13H19N3O3S2/c1-10(13(14)17)20-12-6-5-11(9-15-12)21(18,19)16-7-3-2-4-8-16/h5-6,9-10H,2-4,7-8H2,1H3,(H2,14,17)/t10-/m0/s1. The zero-order valence-corrected chi connectivity index (χ0v) is 13.5. The molecule has 0 saturated carbocycles. The molecule has 1 aromatic rings. The van der Waals surface area contributed by atoms with Crippen molar-refractivity contribution in [3.63, 3.8) is 0 Å². The van der Waals surface area contributed by atoms with Gasteiger partial charge in [0.25, 0.3) is 0 Å². The number of rotatable bonds is 5. The van der Waals surface area contributed by atoms with Crippen molar-refractivity contribution in [2.24, 2.45) is 5.73 Å². The zero-order valence-electron chi connectivity index (χ0n) is 11.9. The van der Waals surface area contributed by atoms with E-state index in [0.717, 1.165) is 19.3 Å². The average Bonchev–Trinajstić information content (AvgIpc) is 2.48. The highest BCUT2D eigenvalue weighted by molar-refractivity contribution is 8.00. The van der Waals surface area contributed by atoms with Gasteiger partial charge in [0.15, 0.2) is 0 Å². The van der Waals surface area contributed by atoms with E-state index < -0.39 is 21.2 Å². The molecule has 1 aliphatic heterocycles. The van der Waals surface area contributed by atoms with E-state index in [1.165, 1.54) is 28.3 Å². The van der Waals surface area contributed by atoms with Gasteiger partial charge in [-0.1, -0.05) is 18.2 Å². The number of hydrogen-bond acceptors (Lipinski definition) is 5. The van der Waals surface area contributed by atoms with Gasteiger partial charge in [0.05, 0.1) is 10.3 Å². The SMILES string of the molecule is C[C@H](Sc1ccc(S(=O)(=O)N2CCCCC2)cn1)C(N)=O. The smallest absolute Gasteiger partial charge is 0.244 e. The van der Waals surface area contributed by atoms with Gasteiger partial charge in [0, 0.05) is 19.3 Å². The third-order valence-electron chi connectivity index (χ3n) is 3.36. The number of primary amides is 1. The molecule has 0 aliphatic carbocycles. The Labute approximate surface area is 129 Å². The predicted molar refractivity (Wildman–Crippen MR) is 81.4 cm³/mol. The minimum atomic E-state index is -3.45. The number of nitrogens with two attached hydrogens (primary N) is 1. The third-order valence-corrected chi connectivity index (χ3v) is 6.31. The summed E-state index contributed by atoms with van der Waals surface area (Å²) in [6.45, 7) is 2.82. The molecule has 6 nitrogen and oxygen atoms in total. The van der Waals surface area contributed by atoms with Crippen LogP contribution in [-0.2, 0) is 14.8 Å². The maximum absolute atomic E-state index is 12.4. The molecule has 2 N–H and O–H groups in total. The van der Waals surface area contributed by atoms with Crippen molar-refractivity contribution in [1.29, 1.82) is 0 Å². The quantitative estimate of drug-likeness (QED) is 0.820. The lowest BCUT2D eigenvalue weighted by atomic mass is 10.2. The molecular formula is C13H19N3O3S2. The molecule has 1 atom stereocenters. The van der Waals surface area contributed by atoms with Gasteiger partial charge in [0.1, 0.15) is 4.90 Å². The molecule has 1 saturated heterocycles. The molecule has 0 unspecified atom stereocenters. The van der Waals surface area contributed by atoms with E-state index in [9.17, 15) is 13.2 Å². The molecular weight excluding hydrogens is 310 g/mol. The summed E-state index contributed by atoms with van der Waals surface area (Å²) < 4.78 is 26.4. The molecule has 0 bridgehead atoms. The Kier molecular flexibility index (Phi) is 5.23. The molecule has 0 aromatic carbocycles. The normalized spacial score (nSPS) is 18.3. The van der Waals surface area contributed by atoms with Gasteiger partial charge < -0.3 is 5.73 Å². The van der Waals surface area contributed by atoms with Gasteiger partial charge in [-0.25, -0.2) is 13.4 Å². The summed E-state index contributed by atoms with van der Waals surface area (Å²) in [6, 6.07) is 3.15. The summed E-state index contributed by atoms with van der Waals surface area (Å²) in [5.41, 5.74) is 5.19. The van der Waals surface area contributed by atoms with Crippen LogP contribution in [-0.4, -0.2) is 42.0 Å². The number of amides is 1. The highest BCUT2D eigenvalue weighted by Crippen LogP contribution is 2.24. The van der Waals surface area contributed by atoms with Crippen LogP contribution in [0.4, 0.5) is 0 Å². The number of carbonyl (C=O) groups is 1. The molecule has 1 aliphatic rings. The number of aromatic nitrogens is 1. The van der Waals surface area contributed by atoms with Gasteiger partial charge in [-0.15, -0.1) is 0 Å². The lowest BCUT2D eigenvalue weighted by molar-refractivity contribution is -0.117. The first kappa shape index (κ1) is 16.3. The fourth-order valence-electron chi connectivity index (χ4n) is 2.08. The molecule has 116 valence electrons. The van der Waals surface area contributed by atoms with E-state index in [1.54, 1.807) is 13.0 Å². The van der Waals surface area contributed by atoms with Gasteiger partial charge in [-0.3, -0.25) is 4.79 Å². The molecule has 1 fully saturated rings. The largest absolute Gasteiger partial charge is 0.369 e. The molecule has 0 spiro atoms. The first-order valence-electron chi connectivity index (χ1n) is 6.83. The van der Waals surface area contributed by atoms with Crippen molar-refractivity contribution >= 4 is 27.7 Å². The maximum Gasteiger partial charge on any atom is 0.244 e. The monoisotopic (exact) mass is 329 g/mol. The summed E-state index contributed by atoms with van der Waals surface area (Å²) in [5, 5.41) is 0.181. The van der Waals surface area contributed by atoms with Crippen molar-refractivity contribution < 1.29 is 13.2 Å². The van der Waals surface area contributed by atoms with Gasteiger partial charge in [0.2, 0.25) is 15.9 Å². The minimum absolute atomic E-state index is 0.195. The van der Waals surface area contributed by atoms with Crippen LogP contribution in [0.3, 0.4) is 0 Å². The average molecular weight is 329 g/mol. The Morgan fingerprint density at radius 2 is 2.00 bits per heavy atom. The first-order chi connectivity index (χ1) is 9.91. The highest BCUT2D eigenvalue weighted by Gasteiger charge is 2.26. The number of hydrogen-bond donors (Lipinski definition) is 1. The second-order valence-corrected chi connectivity index (χ2v) is 8.26. The second-order valence-electron chi connectivity index (χ2n) is 4.96. The summed E-state index contributed by atoms with van der Waals surface area (Å²) in [7, 11) is -3.45. The Hall–Kier alpha value is -1.12. The summed E-state index contributed by atoms with van der Waals surface area (Å²) >= 11 is 1.21. The van der Waals surface area contributed by atoms with Crippen LogP contribution in [0.5, 0.6) is 0 Å². The summed E-state index contributed by atoms with van der Waals surface area (Å²) in [5.74, 6) is -0.424. The van der Waals surface area contributed by atoms with Crippen LogP contribution in [0.15, 0.2) is 28.3 Å². The van der Waals surface area contributed by atoms with Crippen LogP contribution < -0.4 is 5.73 Å². The van der Waals surface area contributed by atoms with Crippen molar-refractivity contribution in [2.75, 3.05) is 13.1 Å². The summed E-state index contributed by atoms with van der Waals surface area (Å²) in [4.78, 5) is 15.3. The fourth-order valence-corrected chi connectivity index (χ4v) is 4.28. The second kappa shape index (κ2) is 6.76. The zero-order chi connectivity index (χ0) is 15.5. The first-order valence-corrected chi connectivity index (χ1v) is 9.15. The Bertz CT molecular complexity index is 596. The van der Waals surface area contributed by atoms with E-state index in [1.807, 2.05) is 0 Å². The van der Waals surface area contributed by atoms with E-state index in [2.05, 4.69) is 4.98 Å². The van der Waals surface area contributed by atoms with Crippen LogP contribution >= 0.6 is 11.8 Å². The van der Waals surface area contributed by atoms with Crippen molar-refractivity contribution in [3.8, 4) is 0 Å². The van der Waals surface area contributed by atoms with Crippen molar-refractivity contribution in [3.05, 3.63) is 18.3 Å².